The van der Waals surface area contributed by atoms with E-state index in [0.29, 0.717) is 12.8 Å². The number of nitrogens with one attached hydrogen (secondary N) is 1. The van der Waals surface area contributed by atoms with Crippen LogP contribution in [0.2, 0.25) is 0 Å². The molecular formula is C23H31NO3. The highest BCUT2D eigenvalue weighted by Crippen LogP contribution is 2.42. The van der Waals surface area contributed by atoms with Gasteiger partial charge >= 0.3 is 0 Å². The van der Waals surface area contributed by atoms with Crippen molar-refractivity contribution in [2.75, 3.05) is 0 Å². The first kappa shape index (κ1) is 21.1. The fourth-order valence-electron chi connectivity index (χ4n) is 4.34. The first-order valence-corrected chi connectivity index (χ1v) is 9.30. The zero-order valence-corrected chi connectivity index (χ0v) is 16.9. The molecule has 1 aliphatic heterocycles. The van der Waals surface area contributed by atoms with E-state index in [0.717, 1.165) is 12.5 Å². The van der Waals surface area contributed by atoms with Gasteiger partial charge in [0.2, 0.25) is 0 Å². The molecule has 3 N–H and O–H groups in total. The molecule has 0 spiro atoms. The minimum Gasteiger partial charge on any atom is -0.481 e. The molecule has 0 radical (unpaired) electrons. The van der Waals surface area contributed by atoms with E-state index in [2.05, 4.69) is 81.5 Å². The molecule has 4 nitrogen and oxygen atoms in total. The monoisotopic (exact) mass is 369 g/mol. The lowest BCUT2D eigenvalue weighted by Gasteiger charge is -2.51. The fraction of sp³-hybridized carbons (Fsp3) is 0.435. The van der Waals surface area contributed by atoms with Crippen LogP contribution in [0, 0.1) is 0 Å². The summed E-state index contributed by atoms with van der Waals surface area (Å²) in [5, 5.41) is 22.4. The van der Waals surface area contributed by atoms with E-state index in [1.807, 2.05) is 6.07 Å². The molecule has 1 saturated heterocycles. The van der Waals surface area contributed by atoms with Crippen LogP contribution < -0.4 is 5.32 Å². The maximum atomic E-state index is 11.3. The molecule has 3 rings (SSSR count). The highest BCUT2D eigenvalue weighted by Gasteiger charge is 2.46. The molecule has 1 aliphatic rings. The average molecular weight is 370 g/mol. The Bertz CT molecular complexity index is 744. The third kappa shape index (κ3) is 5.91. The maximum Gasteiger partial charge on any atom is 0.300 e. The van der Waals surface area contributed by atoms with E-state index >= 15 is 0 Å². The Morgan fingerprint density at radius 3 is 1.70 bits per heavy atom. The van der Waals surface area contributed by atoms with Gasteiger partial charge in [-0.2, -0.15) is 0 Å². The van der Waals surface area contributed by atoms with Crippen LogP contribution in [0.1, 0.15) is 53.0 Å². The van der Waals surface area contributed by atoms with Crippen molar-refractivity contribution < 1.29 is 15.0 Å². The summed E-state index contributed by atoms with van der Waals surface area (Å²) in [7, 11) is 0. The van der Waals surface area contributed by atoms with E-state index in [9.17, 15) is 5.11 Å². The van der Waals surface area contributed by atoms with Gasteiger partial charge in [-0.25, -0.2) is 0 Å². The second-order valence-electron chi connectivity index (χ2n) is 8.74. The van der Waals surface area contributed by atoms with Crippen molar-refractivity contribution >= 4 is 5.97 Å². The first-order valence-electron chi connectivity index (χ1n) is 9.30. The number of rotatable bonds is 2. The third-order valence-corrected chi connectivity index (χ3v) is 4.67. The fourth-order valence-corrected chi connectivity index (χ4v) is 4.34. The van der Waals surface area contributed by atoms with Crippen LogP contribution >= 0.6 is 0 Å². The van der Waals surface area contributed by atoms with Crippen LogP contribution in [0.4, 0.5) is 0 Å². The molecule has 4 heteroatoms. The number of benzene rings is 2. The van der Waals surface area contributed by atoms with Crippen LogP contribution in [0.15, 0.2) is 54.6 Å². The number of carboxylic acids is 1. The minimum atomic E-state index is -0.833. The Labute approximate surface area is 162 Å². The molecule has 27 heavy (non-hydrogen) atoms. The summed E-state index contributed by atoms with van der Waals surface area (Å²) in [6.45, 7) is 9.74. The number of carbonyl (C=O) groups is 1. The number of aliphatic hydroxyl groups is 1. The van der Waals surface area contributed by atoms with E-state index in [1.54, 1.807) is 0 Å². The van der Waals surface area contributed by atoms with Crippen molar-refractivity contribution in [1.82, 2.24) is 5.32 Å². The van der Waals surface area contributed by atoms with Crippen molar-refractivity contribution in [2.45, 2.75) is 64.1 Å². The second-order valence-corrected chi connectivity index (χ2v) is 8.74. The molecular weight excluding hydrogens is 338 g/mol. The molecule has 0 amide bonds. The summed E-state index contributed by atoms with van der Waals surface area (Å²) in [4.78, 5) is 9.00. The zero-order valence-electron chi connectivity index (χ0n) is 16.9. The first-order chi connectivity index (χ1) is 12.4. The summed E-state index contributed by atoms with van der Waals surface area (Å²) >= 11 is 0. The van der Waals surface area contributed by atoms with Crippen molar-refractivity contribution in [3.8, 4) is 11.1 Å². The van der Waals surface area contributed by atoms with E-state index in [4.69, 9.17) is 9.90 Å². The number of carboxylic acid groups (broad SMARTS) is 1. The normalized spacial score (nSPS) is 19.5. The lowest BCUT2D eigenvalue weighted by Crippen LogP contribution is -2.62. The van der Waals surface area contributed by atoms with Crippen molar-refractivity contribution in [3.63, 3.8) is 0 Å². The van der Waals surface area contributed by atoms with Gasteiger partial charge in [0.15, 0.2) is 0 Å². The van der Waals surface area contributed by atoms with Gasteiger partial charge in [0.25, 0.3) is 5.97 Å². The topological polar surface area (TPSA) is 69.6 Å². The predicted molar refractivity (Wildman–Crippen MR) is 110 cm³/mol. The van der Waals surface area contributed by atoms with Crippen LogP contribution in [0.3, 0.4) is 0 Å². The average Bonchev–Trinajstić information content (AvgIpc) is 2.52. The number of aliphatic carboxylic acids is 1. The highest BCUT2D eigenvalue weighted by atomic mass is 16.4. The Balaban J connectivity index is 0.000000596. The van der Waals surface area contributed by atoms with Crippen molar-refractivity contribution in [2.24, 2.45) is 0 Å². The van der Waals surface area contributed by atoms with Gasteiger partial charge in [-0.3, -0.25) is 4.79 Å². The van der Waals surface area contributed by atoms with E-state index in [-0.39, 0.29) is 11.1 Å². The predicted octanol–water partition coefficient (Wildman–Crippen LogP) is 4.57. The molecule has 2 aromatic rings. The molecule has 0 saturated carbocycles. The smallest absolute Gasteiger partial charge is 0.300 e. The van der Waals surface area contributed by atoms with Gasteiger partial charge < -0.3 is 15.5 Å². The quantitative estimate of drug-likeness (QED) is 0.725. The van der Waals surface area contributed by atoms with Crippen LogP contribution in [-0.4, -0.2) is 27.3 Å². The molecule has 1 heterocycles. The number of hydrogen-bond acceptors (Lipinski definition) is 3. The van der Waals surface area contributed by atoms with Gasteiger partial charge in [-0.05, 0) is 57.2 Å². The largest absolute Gasteiger partial charge is 0.481 e. The van der Waals surface area contributed by atoms with Gasteiger partial charge in [-0.15, -0.1) is 0 Å². The maximum absolute atomic E-state index is 11.3. The molecule has 2 aromatic carbocycles. The summed E-state index contributed by atoms with van der Waals surface area (Å²) in [5.41, 5.74) is 2.44. The van der Waals surface area contributed by atoms with Crippen molar-refractivity contribution in [3.05, 3.63) is 60.2 Å². The van der Waals surface area contributed by atoms with Gasteiger partial charge in [0.1, 0.15) is 0 Å². The Kier molecular flexibility index (Phi) is 6.13. The number of hydrogen-bond donors (Lipinski definition) is 3. The Morgan fingerprint density at radius 2 is 1.26 bits per heavy atom. The van der Waals surface area contributed by atoms with Crippen LogP contribution in [0.25, 0.3) is 11.1 Å². The zero-order chi connectivity index (χ0) is 20.3. The second kappa shape index (κ2) is 7.83. The Hall–Kier alpha value is -2.17. The van der Waals surface area contributed by atoms with Gasteiger partial charge in [-0.1, -0.05) is 54.6 Å². The molecule has 0 bridgehead atoms. The summed E-state index contributed by atoms with van der Waals surface area (Å²) < 4.78 is 0. The summed E-state index contributed by atoms with van der Waals surface area (Å²) in [6.07, 6.45) is 1.43. The lowest BCUT2D eigenvalue weighted by molar-refractivity contribution is -0.134. The summed E-state index contributed by atoms with van der Waals surface area (Å²) in [6, 6.07) is 18.7. The third-order valence-electron chi connectivity index (χ3n) is 4.67. The van der Waals surface area contributed by atoms with Crippen molar-refractivity contribution in [1.29, 1.82) is 0 Å². The summed E-state index contributed by atoms with van der Waals surface area (Å²) in [5.74, 6) is -0.833. The molecule has 0 aliphatic carbocycles. The van der Waals surface area contributed by atoms with E-state index < -0.39 is 11.6 Å². The lowest BCUT2D eigenvalue weighted by atomic mass is 9.70. The number of piperidine rings is 1. The van der Waals surface area contributed by atoms with Crippen LogP contribution in [-0.2, 0) is 10.4 Å². The standard InChI is InChI=1S/C21H27NO.C2H4O2/c1-19(2)14-21(23,15-20(3,4)22-19)18-12-10-17(11-13-18)16-8-6-5-7-9-16;1-2(3)4/h5-13,22-23H,14-15H2,1-4H3;1H3,(H,3,4). The minimum absolute atomic E-state index is 0.0887. The van der Waals surface area contributed by atoms with Crippen LogP contribution in [0.5, 0.6) is 0 Å². The van der Waals surface area contributed by atoms with Gasteiger partial charge in [0, 0.05) is 18.0 Å². The molecule has 0 atom stereocenters. The molecule has 0 aromatic heterocycles. The van der Waals surface area contributed by atoms with Gasteiger partial charge in [0.05, 0.1) is 5.60 Å². The molecule has 1 fully saturated rings. The molecule has 0 unspecified atom stereocenters. The highest BCUT2D eigenvalue weighted by molar-refractivity contribution is 5.63. The Morgan fingerprint density at radius 1 is 0.852 bits per heavy atom. The molecule has 146 valence electrons. The SMILES string of the molecule is CC(=O)O.CC1(C)CC(O)(c2ccc(-c3ccccc3)cc2)CC(C)(C)N1. The van der Waals surface area contributed by atoms with E-state index in [1.165, 1.54) is 11.1 Å².